The lowest BCUT2D eigenvalue weighted by molar-refractivity contribution is 0.114. The quantitative estimate of drug-likeness (QED) is 0.485. The van der Waals surface area contributed by atoms with Crippen molar-refractivity contribution in [2.45, 2.75) is 45.1 Å². The van der Waals surface area contributed by atoms with Crippen LogP contribution in [0.25, 0.3) is 0 Å². The Kier molecular flexibility index (Phi) is 7.30. The van der Waals surface area contributed by atoms with Crippen molar-refractivity contribution in [3.8, 4) is 0 Å². The van der Waals surface area contributed by atoms with Gasteiger partial charge in [-0.1, -0.05) is 44.2 Å². The Morgan fingerprint density at radius 1 is 1.24 bits per heavy atom. The molecule has 0 bridgehead atoms. The van der Waals surface area contributed by atoms with Gasteiger partial charge in [-0.25, -0.2) is 0 Å². The van der Waals surface area contributed by atoms with Crippen LogP contribution in [0.15, 0.2) is 30.3 Å². The Labute approximate surface area is 110 Å². The van der Waals surface area contributed by atoms with Crippen molar-refractivity contribution >= 4 is 11.6 Å². The van der Waals surface area contributed by atoms with E-state index in [4.69, 9.17) is 16.3 Å². The second-order valence-electron chi connectivity index (χ2n) is 4.58. The van der Waals surface area contributed by atoms with E-state index >= 15 is 0 Å². The summed E-state index contributed by atoms with van der Waals surface area (Å²) in [7, 11) is 0. The first-order valence-electron chi connectivity index (χ1n) is 6.49. The van der Waals surface area contributed by atoms with E-state index in [1.54, 1.807) is 0 Å². The fourth-order valence-electron chi connectivity index (χ4n) is 1.85. The van der Waals surface area contributed by atoms with Crippen LogP contribution < -0.4 is 0 Å². The Morgan fingerprint density at radius 3 is 2.59 bits per heavy atom. The van der Waals surface area contributed by atoms with Crippen LogP contribution in [0.2, 0.25) is 0 Å². The maximum Gasteiger partial charge on any atom is 0.0716 e. The highest BCUT2D eigenvalue weighted by Gasteiger charge is 2.11. The maximum atomic E-state index is 6.18. The number of hydrogen-bond acceptors (Lipinski definition) is 1. The topological polar surface area (TPSA) is 9.23 Å². The van der Waals surface area contributed by atoms with E-state index in [-0.39, 0.29) is 0 Å². The Hall–Kier alpha value is -0.530. The molecule has 0 radical (unpaired) electrons. The lowest BCUT2D eigenvalue weighted by Crippen LogP contribution is -2.11. The third-order valence-electron chi connectivity index (χ3n) is 3.07. The number of benzene rings is 1. The first-order valence-corrected chi connectivity index (χ1v) is 6.93. The molecule has 0 aliphatic carbocycles. The second-order valence-corrected chi connectivity index (χ2v) is 5.14. The van der Waals surface area contributed by atoms with Crippen LogP contribution in [0.1, 0.15) is 38.7 Å². The van der Waals surface area contributed by atoms with E-state index in [1.165, 1.54) is 5.56 Å². The highest BCUT2D eigenvalue weighted by atomic mass is 35.5. The minimum atomic E-state index is 0.309. The summed E-state index contributed by atoms with van der Waals surface area (Å²) in [6.07, 6.45) is 3.29. The molecule has 0 aliphatic heterocycles. The number of hydrogen-bond donors (Lipinski definition) is 0. The second kappa shape index (κ2) is 8.54. The van der Waals surface area contributed by atoms with Gasteiger partial charge in [-0.15, -0.1) is 11.6 Å². The molecule has 2 unspecified atom stereocenters. The Morgan fingerprint density at radius 2 is 1.94 bits per heavy atom. The maximum absolute atomic E-state index is 6.18. The molecule has 0 fully saturated rings. The van der Waals surface area contributed by atoms with Gasteiger partial charge in [-0.05, 0) is 30.7 Å². The van der Waals surface area contributed by atoms with E-state index in [9.17, 15) is 0 Å². The van der Waals surface area contributed by atoms with Gasteiger partial charge in [0.25, 0.3) is 0 Å². The fourth-order valence-corrected chi connectivity index (χ4v) is 1.98. The summed E-state index contributed by atoms with van der Waals surface area (Å²) >= 11 is 6.18. The van der Waals surface area contributed by atoms with Crippen LogP contribution >= 0.6 is 11.6 Å². The SMILES string of the molecule is CCC(Cl)C(C)CCCOCc1ccccc1. The normalized spacial score (nSPS) is 14.5. The molecule has 0 heterocycles. The summed E-state index contributed by atoms with van der Waals surface area (Å²) in [6.45, 7) is 5.90. The largest absolute Gasteiger partial charge is 0.377 e. The van der Waals surface area contributed by atoms with Crippen LogP contribution in [0.5, 0.6) is 0 Å². The molecule has 0 aliphatic rings. The molecule has 0 saturated carbocycles. The van der Waals surface area contributed by atoms with Gasteiger partial charge < -0.3 is 4.74 Å². The first kappa shape index (κ1) is 14.5. The summed E-state index contributed by atoms with van der Waals surface area (Å²) in [5.41, 5.74) is 1.24. The van der Waals surface area contributed by atoms with Crippen molar-refractivity contribution < 1.29 is 4.74 Å². The Bertz CT molecular complexity index is 286. The van der Waals surface area contributed by atoms with Crippen molar-refractivity contribution in [1.29, 1.82) is 0 Å². The molecule has 0 N–H and O–H groups in total. The molecule has 1 rings (SSSR count). The molecule has 2 heteroatoms. The zero-order valence-corrected chi connectivity index (χ0v) is 11.6. The van der Waals surface area contributed by atoms with E-state index in [2.05, 4.69) is 26.0 Å². The molecule has 0 saturated heterocycles. The van der Waals surface area contributed by atoms with Crippen LogP contribution in [-0.2, 0) is 11.3 Å². The predicted molar refractivity (Wildman–Crippen MR) is 74.4 cm³/mol. The van der Waals surface area contributed by atoms with E-state index < -0.39 is 0 Å². The zero-order chi connectivity index (χ0) is 12.5. The van der Waals surface area contributed by atoms with Gasteiger partial charge >= 0.3 is 0 Å². The van der Waals surface area contributed by atoms with Crippen LogP contribution in [-0.4, -0.2) is 12.0 Å². The lowest BCUT2D eigenvalue weighted by Gasteiger charge is -2.15. The predicted octanol–water partition coefficient (Wildman–Crippen LogP) is 4.64. The minimum absolute atomic E-state index is 0.309. The molecular weight excluding hydrogens is 232 g/mol. The van der Waals surface area contributed by atoms with Gasteiger partial charge in [0, 0.05) is 12.0 Å². The monoisotopic (exact) mass is 254 g/mol. The lowest BCUT2D eigenvalue weighted by atomic mass is 10.0. The number of halogens is 1. The molecule has 0 aromatic heterocycles. The molecule has 0 spiro atoms. The molecule has 17 heavy (non-hydrogen) atoms. The summed E-state index contributed by atoms with van der Waals surface area (Å²) in [5.74, 6) is 0.585. The van der Waals surface area contributed by atoms with E-state index in [0.717, 1.165) is 25.9 Å². The highest BCUT2D eigenvalue weighted by molar-refractivity contribution is 6.20. The molecule has 1 aromatic carbocycles. The van der Waals surface area contributed by atoms with E-state index in [0.29, 0.717) is 17.9 Å². The summed E-state index contributed by atoms with van der Waals surface area (Å²) < 4.78 is 5.64. The number of rotatable bonds is 8. The average molecular weight is 255 g/mol. The summed E-state index contributed by atoms with van der Waals surface area (Å²) in [4.78, 5) is 0. The first-order chi connectivity index (χ1) is 8.24. The van der Waals surface area contributed by atoms with Crippen molar-refractivity contribution in [2.24, 2.45) is 5.92 Å². The standard InChI is InChI=1S/C15H23ClO/c1-3-15(16)13(2)8-7-11-17-12-14-9-5-4-6-10-14/h4-6,9-10,13,15H,3,7-8,11-12H2,1-2H3. The van der Waals surface area contributed by atoms with Crippen molar-refractivity contribution in [3.63, 3.8) is 0 Å². The van der Waals surface area contributed by atoms with Gasteiger partial charge in [0.15, 0.2) is 0 Å². The number of alkyl halides is 1. The van der Waals surface area contributed by atoms with E-state index in [1.807, 2.05) is 18.2 Å². The molecule has 2 atom stereocenters. The number of ether oxygens (including phenoxy) is 1. The highest BCUT2D eigenvalue weighted by Crippen LogP contribution is 2.18. The molecule has 1 aromatic rings. The van der Waals surface area contributed by atoms with Gasteiger partial charge in [0.1, 0.15) is 0 Å². The molecule has 0 amide bonds. The van der Waals surface area contributed by atoms with Crippen LogP contribution in [0.3, 0.4) is 0 Å². The summed E-state index contributed by atoms with van der Waals surface area (Å²) in [6, 6.07) is 10.3. The molecule has 96 valence electrons. The van der Waals surface area contributed by atoms with Gasteiger partial charge in [0.2, 0.25) is 0 Å². The zero-order valence-electron chi connectivity index (χ0n) is 10.9. The summed E-state index contributed by atoms with van der Waals surface area (Å²) in [5, 5.41) is 0.309. The Balaban J connectivity index is 2.05. The van der Waals surface area contributed by atoms with Crippen LogP contribution in [0.4, 0.5) is 0 Å². The molecular formula is C15H23ClO. The third kappa shape index (κ3) is 6.09. The smallest absolute Gasteiger partial charge is 0.0716 e. The van der Waals surface area contributed by atoms with Crippen molar-refractivity contribution in [3.05, 3.63) is 35.9 Å². The fraction of sp³-hybridized carbons (Fsp3) is 0.600. The third-order valence-corrected chi connectivity index (χ3v) is 3.81. The van der Waals surface area contributed by atoms with Gasteiger partial charge in [0.05, 0.1) is 6.61 Å². The minimum Gasteiger partial charge on any atom is -0.377 e. The molecule has 1 nitrogen and oxygen atoms in total. The average Bonchev–Trinajstić information content (AvgIpc) is 2.38. The van der Waals surface area contributed by atoms with Gasteiger partial charge in [-0.3, -0.25) is 0 Å². The van der Waals surface area contributed by atoms with Crippen molar-refractivity contribution in [1.82, 2.24) is 0 Å². The van der Waals surface area contributed by atoms with Gasteiger partial charge in [-0.2, -0.15) is 0 Å². The van der Waals surface area contributed by atoms with Crippen LogP contribution in [0, 0.1) is 5.92 Å². The van der Waals surface area contributed by atoms with Crippen molar-refractivity contribution in [2.75, 3.05) is 6.61 Å².